The maximum absolute atomic E-state index is 9.99. The molecule has 1 saturated heterocycles. The van der Waals surface area contributed by atoms with Crippen molar-refractivity contribution in [2.24, 2.45) is 7.05 Å². The van der Waals surface area contributed by atoms with Crippen molar-refractivity contribution >= 4 is 28.3 Å². The van der Waals surface area contributed by atoms with Crippen LogP contribution in [-0.4, -0.2) is 45.1 Å². The lowest BCUT2D eigenvalue weighted by Crippen LogP contribution is -2.46. The second-order valence-electron chi connectivity index (χ2n) is 6.79. The van der Waals surface area contributed by atoms with Crippen molar-refractivity contribution in [3.05, 3.63) is 29.0 Å². The molecule has 4 rings (SSSR count). The maximum Gasteiger partial charge on any atom is 0.188 e. The van der Waals surface area contributed by atoms with Crippen molar-refractivity contribution in [2.75, 3.05) is 18.0 Å². The van der Waals surface area contributed by atoms with Crippen LogP contribution in [0.3, 0.4) is 0 Å². The van der Waals surface area contributed by atoms with Gasteiger partial charge in [0.05, 0.1) is 29.9 Å². The molecule has 0 unspecified atom stereocenters. The predicted molar refractivity (Wildman–Crippen MR) is 99.4 cm³/mol. The van der Waals surface area contributed by atoms with Crippen molar-refractivity contribution in [3.63, 3.8) is 0 Å². The summed E-state index contributed by atoms with van der Waals surface area (Å²) in [6, 6.07) is 1.89. The number of anilines is 1. The quantitative estimate of drug-likeness (QED) is 0.757. The molecule has 0 radical (unpaired) electrons. The first kappa shape index (κ1) is 17.3. The molecular formula is C18H21ClN4O3. The van der Waals surface area contributed by atoms with E-state index in [9.17, 15) is 5.11 Å². The fourth-order valence-corrected chi connectivity index (χ4v) is 4.04. The van der Waals surface area contributed by atoms with Gasteiger partial charge in [-0.1, -0.05) is 16.8 Å². The zero-order valence-electron chi connectivity index (χ0n) is 14.9. The summed E-state index contributed by atoms with van der Waals surface area (Å²) in [4.78, 5) is 6.48. The molecule has 0 bridgehead atoms. The molecule has 7 nitrogen and oxygen atoms in total. The zero-order valence-corrected chi connectivity index (χ0v) is 15.7. The van der Waals surface area contributed by atoms with Crippen LogP contribution in [0.2, 0.25) is 5.02 Å². The topological polar surface area (TPSA) is 76.5 Å². The number of rotatable bonds is 3. The van der Waals surface area contributed by atoms with Crippen LogP contribution in [0.5, 0.6) is 0 Å². The Morgan fingerprint density at radius 2 is 2.04 bits per heavy atom. The minimum atomic E-state index is -0.129. The van der Waals surface area contributed by atoms with Crippen LogP contribution >= 0.6 is 11.6 Å². The Morgan fingerprint density at radius 3 is 2.65 bits per heavy atom. The molecule has 8 heteroatoms. The van der Waals surface area contributed by atoms with Crippen molar-refractivity contribution in [1.82, 2.24) is 14.7 Å². The highest BCUT2D eigenvalue weighted by atomic mass is 35.5. The van der Waals surface area contributed by atoms with Crippen LogP contribution in [0.4, 0.5) is 5.69 Å². The van der Waals surface area contributed by atoms with Crippen LogP contribution in [0.25, 0.3) is 22.5 Å². The lowest BCUT2D eigenvalue weighted by Gasteiger charge is -2.38. The summed E-state index contributed by atoms with van der Waals surface area (Å²) in [6.45, 7) is 5.32. The van der Waals surface area contributed by atoms with Gasteiger partial charge in [0, 0.05) is 38.1 Å². The third kappa shape index (κ3) is 2.76. The number of morpholine rings is 1. The lowest BCUT2D eigenvalue weighted by molar-refractivity contribution is -0.00531. The third-order valence-electron chi connectivity index (χ3n) is 4.70. The molecule has 2 aromatic heterocycles. The molecule has 3 aromatic rings. The van der Waals surface area contributed by atoms with Gasteiger partial charge < -0.3 is 23.8 Å². The average molecular weight is 377 g/mol. The molecule has 0 aliphatic carbocycles. The fourth-order valence-electron chi connectivity index (χ4n) is 3.66. The first-order valence-electron chi connectivity index (χ1n) is 8.59. The number of aliphatic hydroxyl groups is 1. The largest absolute Gasteiger partial charge is 0.392 e. The number of hydrogen-bond donors (Lipinski definition) is 1. The number of imidazole rings is 1. The van der Waals surface area contributed by atoms with E-state index < -0.39 is 0 Å². The Bertz CT molecular complexity index is 941. The fraction of sp³-hybridized carbons (Fsp3) is 0.444. The van der Waals surface area contributed by atoms with E-state index in [-0.39, 0.29) is 18.8 Å². The number of aliphatic hydroxyl groups excluding tert-OH is 1. The SMILES string of the molecule is C[C@@H]1CN(c2c(CO)cc3c(-c4nccn4C)noc3c2Cl)C[C@H](C)O1. The normalized spacial score (nSPS) is 20.9. The Hall–Kier alpha value is -2.09. The minimum Gasteiger partial charge on any atom is -0.392 e. The van der Waals surface area contributed by atoms with Gasteiger partial charge in [0.25, 0.3) is 0 Å². The smallest absolute Gasteiger partial charge is 0.188 e. The molecule has 1 N–H and O–H groups in total. The number of fused-ring (bicyclic) bond motifs is 1. The molecule has 0 saturated carbocycles. The van der Waals surface area contributed by atoms with Gasteiger partial charge in [-0.3, -0.25) is 0 Å². The Kier molecular flexibility index (Phi) is 4.38. The van der Waals surface area contributed by atoms with E-state index in [0.29, 0.717) is 35.2 Å². The van der Waals surface area contributed by atoms with Crippen LogP contribution in [0, 0.1) is 0 Å². The van der Waals surface area contributed by atoms with E-state index in [1.54, 1.807) is 6.20 Å². The predicted octanol–water partition coefficient (Wildman–Crippen LogP) is 2.99. The van der Waals surface area contributed by atoms with Gasteiger partial charge in [-0.15, -0.1) is 0 Å². The molecule has 1 aliphatic heterocycles. The summed E-state index contributed by atoms with van der Waals surface area (Å²) >= 11 is 6.71. The summed E-state index contributed by atoms with van der Waals surface area (Å²) in [5.41, 5.74) is 2.64. The number of benzene rings is 1. The highest BCUT2D eigenvalue weighted by Gasteiger charge is 2.28. The van der Waals surface area contributed by atoms with E-state index in [4.69, 9.17) is 20.9 Å². The summed E-state index contributed by atoms with van der Waals surface area (Å²) in [5.74, 6) is 0.685. The molecule has 26 heavy (non-hydrogen) atoms. The van der Waals surface area contributed by atoms with E-state index in [2.05, 4.69) is 15.0 Å². The highest BCUT2D eigenvalue weighted by molar-refractivity contribution is 6.38. The van der Waals surface area contributed by atoms with Crippen LogP contribution in [-0.2, 0) is 18.4 Å². The van der Waals surface area contributed by atoms with Crippen molar-refractivity contribution in [1.29, 1.82) is 0 Å². The number of nitrogens with zero attached hydrogens (tertiary/aromatic N) is 4. The van der Waals surface area contributed by atoms with E-state index in [0.717, 1.165) is 16.6 Å². The van der Waals surface area contributed by atoms with Crippen molar-refractivity contribution in [2.45, 2.75) is 32.7 Å². The number of aromatic nitrogens is 3. The zero-order chi connectivity index (χ0) is 18.4. The number of ether oxygens (including phenoxy) is 1. The van der Waals surface area contributed by atoms with Crippen LogP contribution in [0.15, 0.2) is 23.0 Å². The first-order valence-corrected chi connectivity index (χ1v) is 8.97. The molecule has 1 aliphatic rings. The van der Waals surface area contributed by atoms with Gasteiger partial charge in [-0.2, -0.15) is 0 Å². The maximum atomic E-state index is 9.99. The molecule has 138 valence electrons. The Labute approximate surface area is 156 Å². The van der Waals surface area contributed by atoms with Gasteiger partial charge in [0.1, 0.15) is 5.02 Å². The Balaban J connectivity index is 1.88. The standard InChI is InChI=1S/C18H21ClN4O3/c1-10-7-23(8-11(2)25-10)16-12(9-24)6-13-15(18-20-4-5-22(18)3)21-26-17(13)14(16)19/h4-6,10-11,24H,7-9H2,1-3H3/t10-,11+. The van der Waals surface area contributed by atoms with Gasteiger partial charge in [-0.25, -0.2) is 4.98 Å². The lowest BCUT2D eigenvalue weighted by atomic mass is 10.1. The molecule has 2 atom stereocenters. The number of halogens is 1. The molecule has 3 heterocycles. The van der Waals surface area contributed by atoms with Gasteiger partial charge in [0.2, 0.25) is 0 Å². The van der Waals surface area contributed by atoms with Crippen molar-refractivity contribution < 1.29 is 14.4 Å². The van der Waals surface area contributed by atoms with E-state index >= 15 is 0 Å². The summed E-state index contributed by atoms with van der Waals surface area (Å²) < 4.78 is 13.2. The highest BCUT2D eigenvalue weighted by Crippen LogP contribution is 2.41. The van der Waals surface area contributed by atoms with Gasteiger partial charge >= 0.3 is 0 Å². The second-order valence-corrected chi connectivity index (χ2v) is 7.17. The summed E-state index contributed by atoms with van der Waals surface area (Å²) in [5, 5.41) is 15.4. The van der Waals surface area contributed by atoms with Crippen LogP contribution < -0.4 is 4.90 Å². The monoisotopic (exact) mass is 376 g/mol. The van der Waals surface area contributed by atoms with E-state index in [1.165, 1.54) is 0 Å². The van der Waals surface area contributed by atoms with Crippen LogP contribution in [0.1, 0.15) is 19.4 Å². The number of hydrogen-bond acceptors (Lipinski definition) is 6. The molecule has 1 aromatic carbocycles. The molecule has 1 fully saturated rings. The molecule has 0 amide bonds. The summed E-state index contributed by atoms with van der Waals surface area (Å²) in [7, 11) is 1.89. The number of aryl methyl sites for hydroxylation is 1. The van der Waals surface area contributed by atoms with E-state index in [1.807, 2.05) is 37.7 Å². The minimum absolute atomic E-state index is 0.0786. The first-order chi connectivity index (χ1) is 12.5. The van der Waals surface area contributed by atoms with Gasteiger partial charge in [0.15, 0.2) is 17.1 Å². The third-order valence-corrected chi connectivity index (χ3v) is 5.05. The summed E-state index contributed by atoms with van der Waals surface area (Å²) in [6.07, 6.45) is 3.70. The van der Waals surface area contributed by atoms with Crippen molar-refractivity contribution in [3.8, 4) is 11.5 Å². The average Bonchev–Trinajstić information content (AvgIpc) is 3.19. The Morgan fingerprint density at radius 1 is 1.31 bits per heavy atom. The second kappa shape index (κ2) is 6.57. The van der Waals surface area contributed by atoms with Gasteiger partial charge in [-0.05, 0) is 19.9 Å². The molecular weight excluding hydrogens is 356 g/mol. The molecule has 0 spiro atoms.